The summed E-state index contributed by atoms with van der Waals surface area (Å²) in [7, 11) is 0. The van der Waals surface area contributed by atoms with Crippen LogP contribution in [-0.2, 0) is 12.6 Å². The molecule has 0 saturated heterocycles. The van der Waals surface area contributed by atoms with Crippen LogP contribution in [0.2, 0.25) is 0 Å². The number of ether oxygens (including phenoxy) is 1. The topological polar surface area (TPSA) is 26.3 Å². The maximum Gasteiger partial charge on any atom is 0.422 e. The van der Waals surface area contributed by atoms with Crippen LogP contribution in [0.3, 0.4) is 0 Å². The SMILES string of the molecule is CCCc1ccc(C(=O)Oc2cc(F)c(C(F)(F)F)c(F)c2)cc1. The van der Waals surface area contributed by atoms with E-state index in [-0.39, 0.29) is 5.56 Å². The van der Waals surface area contributed by atoms with Crippen molar-refractivity contribution in [2.75, 3.05) is 0 Å². The summed E-state index contributed by atoms with van der Waals surface area (Å²) in [5.74, 6) is -5.25. The van der Waals surface area contributed by atoms with E-state index < -0.39 is 35.1 Å². The van der Waals surface area contributed by atoms with Gasteiger partial charge in [-0.2, -0.15) is 13.2 Å². The number of hydrogen-bond acceptors (Lipinski definition) is 2. The van der Waals surface area contributed by atoms with E-state index >= 15 is 0 Å². The predicted molar refractivity (Wildman–Crippen MR) is 76.8 cm³/mol. The molecule has 0 saturated carbocycles. The third kappa shape index (κ3) is 4.10. The number of halogens is 5. The fourth-order valence-corrected chi connectivity index (χ4v) is 2.14. The van der Waals surface area contributed by atoms with E-state index in [1.54, 1.807) is 12.1 Å². The fourth-order valence-electron chi connectivity index (χ4n) is 2.14. The van der Waals surface area contributed by atoms with Gasteiger partial charge in [0, 0.05) is 12.1 Å². The summed E-state index contributed by atoms with van der Waals surface area (Å²) in [5.41, 5.74) is -0.901. The highest BCUT2D eigenvalue weighted by molar-refractivity contribution is 5.91. The molecule has 0 aliphatic heterocycles. The fraction of sp³-hybridized carbons (Fsp3) is 0.235. The van der Waals surface area contributed by atoms with E-state index in [0.717, 1.165) is 18.4 Å². The summed E-state index contributed by atoms with van der Waals surface area (Å²) in [6.45, 7) is 2.00. The van der Waals surface area contributed by atoms with E-state index in [4.69, 9.17) is 4.74 Å². The predicted octanol–water partition coefficient (Wildman–Crippen LogP) is 5.16. The Labute approximate surface area is 134 Å². The lowest BCUT2D eigenvalue weighted by Gasteiger charge is -2.11. The van der Waals surface area contributed by atoms with E-state index in [1.165, 1.54) is 12.1 Å². The van der Waals surface area contributed by atoms with Crippen molar-refractivity contribution < 1.29 is 31.5 Å². The second-order valence-electron chi connectivity index (χ2n) is 5.10. The molecule has 0 aliphatic rings. The number of hydrogen-bond donors (Lipinski definition) is 0. The summed E-state index contributed by atoms with van der Waals surface area (Å²) in [4.78, 5) is 11.9. The van der Waals surface area contributed by atoms with Gasteiger partial charge in [0.15, 0.2) is 0 Å². The highest BCUT2D eigenvalue weighted by atomic mass is 19.4. The Morgan fingerprint density at radius 2 is 1.58 bits per heavy atom. The molecule has 128 valence electrons. The van der Waals surface area contributed by atoms with Gasteiger partial charge in [-0.05, 0) is 24.1 Å². The summed E-state index contributed by atoms with van der Waals surface area (Å²) in [6.07, 6.45) is -3.43. The minimum atomic E-state index is -5.17. The average Bonchev–Trinajstić information content (AvgIpc) is 2.46. The third-order valence-electron chi connectivity index (χ3n) is 3.24. The second kappa shape index (κ2) is 6.98. The third-order valence-corrected chi connectivity index (χ3v) is 3.24. The van der Waals surface area contributed by atoms with Crippen LogP contribution in [0.1, 0.15) is 34.8 Å². The minimum absolute atomic E-state index is 0.121. The Hall–Kier alpha value is -2.44. The first-order valence-corrected chi connectivity index (χ1v) is 7.09. The maximum atomic E-state index is 13.4. The molecule has 0 bridgehead atoms. The monoisotopic (exact) mass is 344 g/mol. The van der Waals surface area contributed by atoms with Crippen molar-refractivity contribution in [1.82, 2.24) is 0 Å². The maximum absolute atomic E-state index is 13.4. The van der Waals surface area contributed by atoms with Gasteiger partial charge in [0.05, 0.1) is 5.56 Å². The van der Waals surface area contributed by atoms with Gasteiger partial charge in [0.25, 0.3) is 0 Å². The Bertz CT molecular complexity index is 713. The molecule has 0 spiro atoms. The first kappa shape index (κ1) is 17.9. The number of alkyl halides is 3. The van der Waals surface area contributed by atoms with E-state index in [0.29, 0.717) is 12.1 Å². The first-order valence-electron chi connectivity index (χ1n) is 7.09. The zero-order valence-corrected chi connectivity index (χ0v) is 12.6. The van der Waals surface area contributed by atoms with Gasteiger partial charge >= 0.3 is 12.1 Å². The summed E-state index contributed by atoms with van der Waals surface area (Å²) >= 11 is 0. The molecule has 2 aromatic carbocycles. The van der Waals surface area contributed by atoms with Crippen LogP contribution >= 0.6 is 0 Å². The van der Waals surface area contributed by atoms with Crippen molar-refractivity contribution in [3.63, 3.8) is 0 Å². The minimum Gasteiger partial charge on any atom is -0.423 e. The normalized spacial score (nSPS) is 11.4. The lowest BCUT2D eigenvalue weighted by Crippen LogP contribution is -2.13. The van der Waals surface area contributed by atoms with Crippen molar-refractivity contribution in [3.8, 4) is 5.75 Å². The van der Waals surface area contributed by atoms with E-state index in [9.17, 15) is 26.7 Å². The van der Waals surface area contributed by atoms with Gasteiger partial charge in [-0.15, -0.1) is 0 Å². The number of rotatable bonds is 4. The van der Waals surface area contributed by atoms with Gasteiger partial charge in [-0.1, -0.05) is 25.5 Å². The van der Waals surface area contributed by atoms with Crippen LogP contribution in [0.5, 0.6) is 5.75 Å². The second-order valence-corrected chi connectivity index (χ2v) is 5.10. The van der Waals surface area contributed by atoms with Crippen molar-refractivity contribution >= 4 is 5.97 Å². The number of carbonyl (C=O) groups is 1. The van der Waals surface area contributed by atoms with Gasteiger partial charge in [0.1, 0.15) is 22.9 Å². The molecular weight excluding hydrogens is 331 g/mol. The van der Waals surface area contributed by atoms with E-state index in [1.807, 2.05) is 6.92 Å². The molecule has 2 nitrogen and oxygen atoms in total. The van der Waals surface area contributed by atoms with Gasteiger partial charge in [0.2, 0.25) is 0 Å². The smallest absolute Gasteiger partial charge is 0.422 e. The summed E-state index contributed by atoms with van der Waals surface area (Å²) < 4.78 is 69.1. The van der Waals surface area contributed by atoms with Crippen LogP contribution in [0.4, 0.5) is 22.0 Å². The Balaban J connectivity index is 2.20. The van der Waals surface area contributed by atoms with Crippen LogP contribution < -0.4 is 4.74 Å². The molecule has 0 amide bonds. The molecule has 0 atom stereocenters. The molecular formula is C17H13F5O2. The van der Waals surface area contributed by atoms with Crippen LogP contribution in [0.15, 0.2) is 36.4 Å². The first-order chi connectivity index (χ1) is 11.2. The molecule has 0 fully saturated rings. The Morgan fingerprint density at radius 3 is 2.04 bits per heavy atom. The Kier molecular flexibility index (Phi) is 5.21. The zero-order valence-electron chi connectivity index (χ0n) is 12.6. The lowest BCUT2D eigenvalue weighted by molar-refractivity contribution is -0.142. The molecule has 24 heavy (non-hydrogen) atoms. The van der Waals surface area contributed by atoms with Crippen molar-refractivity contribution in [1.29, 1.82) is 0 Å². The molecule has 0 aromatic heterocycles. The number of esters is 1. The van der Waals surface area contributed by atoms with Gasteiger partial charge in [-0.3, -0.25) is 0 Å². The lowest BCUT2D eigenvalue weighted by atomic mass is 10.1. The van der Waals surface area contributed by atoms with Gasteiger partial charge in [-0.25, -0.2) is 13.6 Å². The molecule has 0 N–H and O–H groups in total. The largest absolute Gasteiger partial charge is 0.423 e. The standard InChI is InChI=1S/C17H13F5O2/c1-2-3-10-4-6-11(7-5-10)16(23)24-12-8-13(18)15(14(19)9-12)17(20,21)22/h4-9H,2-3H2,1H3. The highest BCUT2D eigenvalue weighted by Crippen LogP contribution is 2.35. The molecule has 2 rings (SSSR count). The van der Waals surface area contributed by atoms with Crippen molar-refractivity contribution in [2.45, 2.75) is 25.9 Å². The number of benzene rings is 2. The average molecular weight is 344 g/mol. The number of aryl methyl sites for hydroxylation is 1. The number of carbonyl (C=O) groups excluding carboxylic acids is 1. The summed E-state index contributed by atoms with van der Waals surface area (Å²) in [5, 5.41) is 0. The highest BCUT2D eigenvalue weighted by Gasteiger charge is 2.38. The van der Waals surface area contributed by atoms with Crippen LogP contribution in [0.25, 0.3) is 0 Å². The molecule has 0 heterocycles. The molecule has 2 aromatic rings. The van der Waals surface area contributed by atoms with Crippen molar-refractivity contribution in [3.05, 3.63) is 64.7 Å². The Morgan fingerprint density at radius 1 is 1.04 bits per heavy atom. The quantitative estimate of drug-likeness (QED) is 0.435. The summed E-state index contributed by atoms with van der Waals surface area (Å²) in [6, 6.07) is 7.01. The van der Waals surface area contributed by atoms with E-state index in [2.05, 4.69) is 0 Å². The molecule has 0 aliphatic carbocycles. The van der Waals surface area contributed by atoms with Gasteiger partial charge < -0.3 is 4.74 Å². The molecule has 7 heteroatoms. The zero-order chi connectivity index (χ0) is 17.9. The van der Waals surface area contributed by atoms with Crippen molar-refractivity contribution in [2.24, 2.45) is 0 Å². The van der Waals surface area contributed by atoms with Crippen LogP contribution in [-0.4, -0.2) is 5.97 Å². The molecule has 0 radical (unpaired) electrons. The van der Waals surface area contributed by atoms with Crippen LogP contribution in [0, 0.1) is 11.6 Å². The molecule has 0 unspecified atom stereocenters.